The van der Waals surface area contributed by atoms with Gasteiger partial charge in [-0.2, -0.15) is 0 Å². The van der Waals surface area contributed by atoms with Gasteiger partial charge in [-0.15, -0.1) is 0 Å². The summed E-state index contributed by atoms with van der Waals surface area (Å²) in [6.07, 6.45) is -0.993. The predicted molar refractivity (Wildman–Crippen MR) is 99.3 cm³/mol. The van der Waals surface area contributed by atoms with Gasteiger partial charge in [-0.1, -0.05) is 13.8 Å². The highest BCUT2D eigenvalue weighted by molar-refractivity contribution is 5.89. The summed E-state index contributed by atoms with van der Waals surface area (Å²) in [5.41, 5.74) is 5.60. The molecule has 0 fully saturated rings. The van der Waals surface area contributed by atoms with Crippen LogP contribution in [0.1, 0.15) is 25.8 Å². The summed E-state index contributed by atoms with van der Waals surface area (Å²) < 4.78 is 10.3. The first-order chi connectivity index (χ1) is 12.7. The van der Waals surface area contributed by atoms with Crippen LogP contribution in [0, 0.1) is 5.92 Å². The van der Waals surface area contributed by atoms with Crippen LogP contribution in [0.25, 0.3) is 11.0 Å². The van der Waals surface area contributed by atoms with E-state index in [1.807, 2.05) is 13.8 Å². The molecule has 8 nitrogen and oxygen atoms in total. The van der Waals surface area contributed by atoms with Crippen LogP contribution >= 0.6 is 0 Å². The zero-order chi connectivity index (χ0) is 20.1. The standard InChI is InChI=1S/C19H24N2O6/c1-10(2)6-15(22)19(25)21-14(18(20)24)7-11-8-17(23)27-16-9-12(26-3)4-5-13(11)16/h4-5,8-10,14-15,22H,6-7H2,1-3H3,(H2,20,24)(H,21,25)/t14-,15+/m1/s1. The molecule has 0 saturated heterocycles. The SMILES string of the molecule is COc1ccc2c(C[C@@H](NC(=O)[C@@H](O)CC(C)C)C(N)=O)cc(=O)oc2c1. The van der Waals surface area contributed by atoms with Crippen LogP contribution in [0.5, 0.6) is 5.75 Å². The fraction of sp³-hybridized carbons (Fsp3) is 0.421. The van der Waals surface area contributed by atoms with E-state index in [1.165, 1.54) is 13.2 Å². The monoisotopic (exact) mass is 376 g/mol. The van der Waals surface area contributed by atoms with E-state index >= 15 is 0 Å². The lowest BCUT2D eigenvalue weighted by Gasteiger charge is -2.19. The number of carbonyl (C=O) groups is 2. The summed E-state index contributed by atoms with van der Waals surface area (Å²) in [7, 11) is 1.49. The van der Waals surface area contributed by atoms with E-state index in [-0.39, 0.29) is 18.8 Å². The van der Waals surface area contributed by atoms with Gasteiger partial charge in [-0.25, -0.2) is 4.79 Å². The Morgan fingerprint density at radius 3 is 2.59 bits per heavy atom. The van der Waals surface area contributed by atoms with Gasteiger partial charge in [0.05, 0.1) is 7.11 Å². The molecule has 2 aromatic rings. The third kappa shape index (κ3) is 5.30. The van der Waals surface area contributed by atoms with Crippen molar-refractivity contribution in [2.24, 2.45) is 11.7 Å². The topological polar surface area (TPSA) is 132 Å². The van der Waals surface area contributed by atoms with Crippen molar-refractivity contribution in [3.63, 3.8) is 0 Å². The van der Waals surface area contributed by atoms with Crippen molar-refractivity contribution in [3.05, 3.63) is 40.2 Å². The third-order valence-electron chi connectivity index (χ3n) is 4.12. The summed E-state index contributed by atoms with van der Waals surface area (Å²) in [6.45, 7) is 3.73. The first-order valence-corrected chi connectivity index (χ1v) is 8.59. The van der Waals surface area contributed by atoms with Gasteiger partial charge in [0.15, 0.2) is 0 Å². The number of rotatable bonds is 8. The molecular weight excluding hydrogens is 352 g/mol. The Kier molecular flexibility index (Phi) is 6.57. The van der Waals surface area contributed by atoms with Crippen molar-refractivity contribution in [2.45, 2.75) is 38.8 Å². The molecule has 0 aliphatic rings. The Morgan fingerprint density at radius 1 is 1.30 bits per heavy atom. The number of methoxy groups -OCH3 is 1. The molecule has 146 valence electrons. The molecule has 1 aromatic heterocycles. The molecule has 0 aliphatic carbocycles. The number of hydrogen-bond donors (Lipinski definition) is 3. The quantitative estimate of drug-likeness (QED) is 0.582. The van der Waals surface area contributed by atoms with Gasteiger partial charge in [0.1, 0.15) is 23.5 Å². The van der Waals surface area contributed by atoms with Gasteiger partial charge in [-0.05, 0) is 30.0 Å². The minimum Gasteiger partial charge on any atom is -0.497 e. The Balaban J connectivity index is 2.29. The number of nitrogens with two attached hydrogens (primary N) is 1. The van der Waals surface area contributed by atoms with Gasteiger partial charge >= 0.3 is 5.63 Å². The number of benzene rings is 1. The molecule has 0 saturated carbocycles. The van der Waals surface area contributed by atoms with Crippen LogP contribution in [-0.2, 0) is 16.0 Å². The Hall–Kier alpha value is -2.87. The summed E-state index contributed by atoms with van der Waals surface area (Å²) in [5.74, 6) is -0.828. The van der Waals surface area contributed by atoms with Crippen LogP contribution in [0.15, 0.2) is 33.5 Å². The van der Waals surface area contributed by atoms with Gasteiger partial charge in [0, 0.05) is 23.9 Å². The van der Waals surface area contributed by atoms with Crippen molar-refractivity contribution < 1.29 is 23.8 Å². The van der Waals surface area contributed by atoms with E-state index < -0.39 is 29.6 Å². The average molecular weight is 376 g/mol. The van der Waals surface area contributed by atoms with Gasteiger partial charge in [0.2, 0.25) is 11.8 Å². The molecule has 0 unspecified atom stereocenters. The van der Waals surface area contributed by atoms with Crippen LogP contribution in [-0.4, -0.2) is 36.2 Å². The lowest BCUT2D eigenvalue weighted by molar-refractivity contribution is -0.133. The summed E-state index contributed by atoms with van der Waals surface area (Å²) in [4.78, 5) is 35.8. The second kappa shape index (κ2) is 8.68. The number of ether oxygens (including phenoxy) is 1. The highest BCUT2D eigenvalue weighted by Gasteiger charge is 2.24. The fourth-order valence-corrected chi connectivity index (χ4v) is 2.77. The van der Waals surface area contributed by atoms with Gasteiger partial charge in [0.25, 0.3) is 0 Å². The maximum absolute atomic E-state index is 12.1. The number of primary amides is 1. The molecule has 0 bridgehead atoms. The van der Waals surface area contributed by atoms with Crippen molar-refractivity contribution in [1.29, 1.82) is 0 Å². The van der Waals surface area contributed by atoms with Gasteiger partial charge in [-0.3, -0.25) is 9.59 Å². The van der Waals surface area contributed by atoms with Crippen molar-refractivity contribution in [1.82, 2.24) is 5.32 Å². The van der Waals surface area contributed by atoms with Crippen molar-refractivity contribution in [3.8, 4) is 5.75 Å². The Labute approximate surface area is 156 Å². The predicted octanol–water partition coefficient (Wildman–Crippen LogP) is 0.721. The third-order valence-corrected chi connectivity index (χ3v) is 4.12. The molecule has 1 aromatic carbocycles. The number of nitrogens with one attached hydrogen (secondary N) is 1. The molecule has 0 aliphatic heterocycles. The Bertz CT molecular complexity index is 889. The van der Waals surface area contributed by atoms with Crippen LogP contribution in [0.4, 0.5) is 0 Å². The lowest BCUT2D eigenvalue weighted by atomic mass is 10.0. The highest BCUT2D eigenvalue weighted by Crippen LogP contribution is 2.23. The lowest BCUT2D eigenvalue weighted by Crippen LogP contribution is -2.49. The molecule has 1 heterocycles. The molecule has 2 rings (SSSR count). The first-order valence-electron chi connectivity index (χ1n) is 8.59. The van der Waals surface area contributed by atoms with Crippen molar-refractivity contribution >= 4 is 22.8 Å². The van der Waals surface area contributed by atoms with E-state index in [0.29, 0.717) is 22.3 Å². The summed E-state index contributed by atoms with van der Waals surface area (Å²) in [6, 6.07) is 5.12. The second-order valence-electron chi connectivity index (χ2n) is 6.77. The van der Waals surface area contributed by atoms with E-state index in [9.17, 15) is 19.5 Å². The molecule has 8 heteroatoms. The molecular formula is C19H24N2O6. The molecule has 2 amide bonds. The number of carbonyl (C=O) groups excluding carboxylic acids is 2. The Morgan fingerprint density at radius 2 is 2.00 bits per heavy atom. The van der Waals surface area contributed by atoms with Crippen LogP contribution in [0.3, 0.4) is 0 Å². The molecule has 2 atom stereocenters. The molecule has 0 spiro atoms. The first kappa shape index (κ1) is 20.4. The van der Waals surface area contributed by atoms with Crippen LogP contribution < -0.4 is 21.4 Å². The number of fused-ring (bicyclic) bond motifs is 1. The fourth-order valence-electron chi connectivity index (χ4n) is 2.77. The number of aliphatic hydroxyl groups is 1. The van der Waals surface area contributed by atoms with Crippen LogP contribution in [0.2, 0.25) is 0 Å². The normalized spacial score (nSPS) is 13.4. The summed E-state index contributed by atoms with van der Waals surface area (Å²) >= 11 is 0. The maximum atomic E-state index is 12.1. The zero-order valence-electron chi connectivity index (χ0n) is 15.5. The molecule has 0 radical (unpaired) electrons. The van der Waals surface area contributed by atoms with E-state index in [0.717, 1.165) is 0 Å². The molecule has 27 heavy (non-hydrogen) atoms. The zero-order valence-corrected chi connectivity index (χ0v) is 15.5. The largest absolute Gasteiger partial charge is 0.497 e. The highest BCUT2D eigenvalue weighted by atomic mass is 16.5. The smallest absolute Gasteiger partial charge is 0.336 e. The van der Waals surface area contributed by atoms with E-state index in [4.69, 9.17) is 14.9 Å². The maximum Gasteiger partial charge on any atom is 0.336 e. The minimum atomic E-state index is -1.24. The minimum absolute atomic E-state index is 0.0100. The molecule has 4 N–H and O–H groups in total. The average Bonchev–Trinajstić information content (AvgIpc) is 2.59. The number of amides is 2. The van der Waals surface area contributed by atoms with Gasteiger partial charge < -0.3 is 25.3 Å². The second-order valence-corrected chi connectivity index (χ2v) is 6.77. The number of aliphatic hydroxyl groups excluding tert-OH is 1. The number of hydrogen-bond acceptors (Lipinski definition) is 6. The summed E-state index contributed by atoms with van der Waals surface area (Å²) in [5, 5.41) is 13.0. The van der Waals surface area contributed by atoms with E-state index in [1.54, 1.807) is 18.2 Å². The van der Waals surface area contributed by atoms with Crippen molar-refractivity contribution in [2.75, 3.05) is 7.11 Å². The van der Waals surface area contributed by atoms with E-state index in [2.05, 4.69) is 5.32 Å².